The van der Waals surface area contributed by atoms with Crippen LogP contribution in [0.2, 0.25) is 5.02 Å². The van der Waals surface area contributed by atoms with Crippen molar-refractivity contribution in [3.05, 3.63) is 58.6 Å². The highest BCUT2D eigenvalue weighted by atomic mass is 35.5. The molecule has 122 valence electrons. The first-order valence-electron chi connectivity index (χ1n) is 7.43. The number of carbonyl (C=O) groups is 1. The van der Waals surface area contributed by atoms with Gasteiger partial charge in [0.2, 0.25) is 11.7 Å². The molecule has 0 saturated carbocycles. The van der Waals surface area contributed by atoms with E-state index in [9.17, 15) is 4.79 Å². The molecule has 0 atom stereocenters. The van der Waals surface area contributed by atoms with Crippen LogP contribution in [0.1, 0.15) is 11.1 Å². The number of hydrogen-bond acceptors (Lipinski definition) is 4. The molecular weight excluding hydrogens is 326 g/mol. The molecule has 0 spiro atoms. The number of tetrazole rings is 1. The zero-order chi connectivity index (χ0) is 17.1. The minimum absolute atomic E-state index is 0.00559. The summed E-state index contributed by atoms with van der Waals surface area (Å²) in [4.78, 5) is 13.5. The molecule has 0 aliphatic rings. The van der Waals surface area contributed by atoms with E-state index in [1.54, 1.807) is 24.3 Å². The number of nitrogens with one attached hydrogen (secondary N) is 1. The molecule has 0 fully saturated rings. The molecule has 0 aliphatic carbocycles. The van der Waals surface area contributed by atoms with Crippen molar-refractivity contribution in [2.75, 3.05) is 5.32 Å². The van der Waals surface area contributed by atoms with Gasteiger partial charge in [-0.25, -0.2) is 0 Å². The Morgan fingerprint density at radius 3 is 2.46 bits per heavy atom. The van der Waals surface area contributed by atoms with Gasteiger partial charge in [0.25, 0.3) is 0 Å². The molecule has 2 aromatic carbocycles. The number of nitrogens with zero attached hydrogens (tertiary/aromatic N) is 4. The smallest absolute Gasteiger partial charge is 0.248 e. The summed E-state index contributed by atoms with van der Waals surface area (Å²) in [6, 6.07) is 13.0. The minimum atomic E-state index is -0.201. The first kappa shape index (κ1) is 16.1. The maximum Gasteiger partial charge on any atom is 0.248 e. The maximum atomic E-state index is 12.2. The topological polar surface area (TPSA) is 72.7 Å². The van der Waals surface area contributed by atoms with Gasteiger partial charge >= 0.3 is 0 Å². The first-order valence-corrected chi connectivity index (χ1v) is 7.80. The van der Waals surface area contributed by atoms with E-state index in [1.165, 1.54) is 4.80 Å². The molecule has 7 heteroatoms. The van der Waals surface area contributed by atoms with Gasteiger partial charge in [-0.3, -0.25) is 4.79 Å². The Labute approximate surface area is 144 Å². The Morgan fingerprint density at radius 2 is 1.79 bits per heavy atom. The predicted molar refractivity (Wildman–Crippen MR) is 92.8 cm³/mol. The van der Waals surface area contributed by atoms with Crippen molar-refractivity contribution >= 4 is 23.2 Å². The lowest BCUT2D eigenvalue weighted by Gasteiger charge is -2.10. The molecule has 0 saturated heterocycles. The van der Waals surface area contributed by atoms with E-state index < -0.39 is 0 Å². The van der Waals surface area contributed by atoms with Gasteiger partial charge in [-0.2, -0.15) is 4.80 Å². The van der Waals surface area contributed by atoms with Gasteiger partial charge < -0.3 is 5.32 Å². The maximum absolute atomic E-state index is 12.2. The predicted octanol–water partition coefficient (Wildman–Crippen LogP) is 3.25. The summed E-state index contributed by atoms with van der Waals surface area (Å²) in [6.07, 6.45) is 0. The zero-order valence-corrected chi connectivity index (χ0v) is 14.1. The molecule has 1 aromatic heterocycles. The van der Waals surface area contributed by atoms with Crippen LogP contribution >= 0.6 is 11.6 Å². The minimum Gasteiger partial charge on any atom is -0.324 e. The summed E-state index contributed by atoms with van der Waals surface area (Å²) in [5, 5.41) is 15.7. The zero-order valence-electron chi connectivity index (χ0n) is 13.3. The van der Waals surface area contributed by atoms with Crippen molar-refractivity contribution in [1.82, 2.24) is 20.2 Å². The summed E-state index contributed by atoms with van der Waals surface area (Å²) in [5.41, 5.74) is 3.63. The molecule has 3 aromatic rings. The molecular formula is C17H16ClN5O. The molecule has 3 rings (SSSR count). The van der Waals surface area contributed by atoms with Crippen molar-refractivity contribution in [3.63, 3.8) is 0 Å². The van der Waals surface area contributed by atoms with Crippen LogP contribution in [0.25, 0.3) is 11.4 Å². The van der Waals surface area contributed by atoms with Gasteiger partial charge in [-0.1, -0.05) is 29.8 Å². The van der Waals surface area contributed by atoms with E-state index in [0.717, 1.165) is 22.4 Å². The highest BCUT2D eigenvalue weighted by Crippen LogP contribution is 2.19. The van der Waals surface area contributed by atoms with E-state index in [-0.39, 0.29) is 12.5 Å². The molecule has 1 amide bonds. The van der Waals surface area contributed by atoms with Gasteiger partial charge in [0.1, 0.15) is 6.54 Å². The van der Waals surface area contributed by atoms with Crippen LogP contribution in [-0.2, 0) is 11.3 Å². The largest absolute Gasteiger partial charge is 0.324 e. The number of benzene rings is 2. The van der Waals surface area contributed by atoms with E-state index >= 15 is 0 Å². The van der Waals surface area contributed by atoms with Crippen molar-refractivity contribution in [2.45, 2.75) is 20.4 Å². The van der Waals surface area contributed by atoms with Crippen LogP contribution in [0.15, 0.2) is 42.5 Å². The lowest BCUT2D eigenvalue weighted by atomic mass is 10.1. The van der Waals surface area contributed by atoms with E-state index in [1.807, 2.05) is 32.0 Å². The number of hydrogen-bond donors (Lipinski definition) is 1. The third-order valence-corrected chi connectivity index (χ3v) is 3.84. The van der Waals surface area contributed by atoms with E-state index in [0.29, 0.717) is 10.8 Å². The average molecular weight is 342 g/mol. The molecule has 24 heavy (non-hydrogen) atoms. The quantitative estimate of drug-likeness (QED) is 0.790. The Kier molecular flexibility index (Phi) is 4.57. The Morgan fingerprint density at radius 1 is 1.12 bits per heavy atom. The number of rotatable bonds is 4. The van der Waals surface area contributed by atoms with Crippen LogP contribution in [0, 0.1) is 13.8 Å². The Bertz CT molecular complexity index is 853. The lowest BCUT2D eigenvalue weighted by molar-refractivity contribution is -0.117. The number of amides is 1. The average Bonchev–Trinajstić information content (AvgIpc) is 3.00. The van der Waals surface area contributed by atoms with Crippen LogP contribution in [0.3, 0.4) is 0 Å². The van der Waals surface area contributed by atoms with Crippen LogP contribution < -0.4 is 5.32 Å². The molecule has 0 aliphatic heterocycles. The monoisotopic (exact) mass is 341 g/mol. The van der Waals surface area contributed by atoms with Gasteiger partial charge in [0, 0.05) is 16.3 Å². The summed E-state index contributed by atoms with van der Waals surface area (Å²) >= 11 is 5.86. The standard InChI is InChI=1S/C17H16ClN5O/c1-11-4-3-5-12(2)16(11)19-15(24)10-23-21-17(20-22-23)13-6-8-14(18)9-7-13/h3-9H,10H2,1-2H3,(H,19,24). The lowest BCUT2D eigenvalue weighted by Crippen LogP contribution is -2.21. The second-order valence-corrected chi connectivity index (χ2v) is 5.90. The fourth-order valence-corrected chi connectivity index (χ4v) is 2.47. The Hall–Kier alpha value is -2.73. The van der Waals surface area contributed by atoms with E-state index in [2.05, 4.69) is 20.7 Å². The summed E-state index contributed by atoms with van der Waals surface area (Å²) in [5.74, 6) is 0.249. The number of carbonyl (C=O) groups excluding carboxylic acids is 1. The number of halogens is 1. The third kappa shape index (κ3) is 3.60. The molecule has 0 unspecified atom stereocenters. The van der Waals surface area contributed by atoms with Crippen molar-refractivity contribution in [2.24, 2.45) is 0 Å². The molecule has 1 N–H and O–H groups in total. The van der Waals surface area contributed by atoms with E-state index in [4.69, 9.17) is 11.6 Å². The number of aryl methyl sites for hydroxylation is 2. The van der Waals surface area contributed by atoms with Gasteiger partial charge in [0.05, 0.1) is 0 Å². The highest BCUT2D eigenvalue weighted by Gasteiger charge is 2.11. The van der Waals surface area contributed by atoms with Gasteiger partial charge in [-0.15, -0.1) is 10.2 Å². The normalized spacial score (nSPS) is 10.6. The SMILES string of the molecule is Cc1cccc(C)c1NC(=O)Cn1nnc(-c2ccc(Cl)cc2)n1. The summed E-state index contributed by atoms with van der Waals surface area (Å²) in [7, 11) is 0. The number of anilines is 1. The molecule has 6 nitrogen and oxygen atoms in total. The van der Waals surface area contributed by atoms with Crippen molar-refractivity contribution < 1.29 is 4.79 Å². The van der Waals surface area contributed by atoms with Gasteiger partial charge in [0.15, 0.2) is 0 Å². The van der Waals surface area contributed by atoms with Crippen molar-refractivity contribution in [1.29, 1.82) is 0 Å². The second-order valence-electron chi connectivity index (χ2n) is 5.47. The van der Waals surface area contributed by atoms with Crippen LogP contribution in [0.5, 0.6) is 0 Å². The molecule has 1 heterocycles. The first-order chi connectivity index (χ1) is 11.5. The fraction of sp³-hybridized carbons (Fsp3) is 0.176. The number of para-hydroxylation sites is 1. The second kappa shape index (κ2) is 6.80. The fourth-order valence-electron chi connectivity index (χ4n) is 2.34. The molecule has 0 bridgehead atoms. The highest BCUT2D eigenvalue weighted by molar-refractivity contribution is 6.30. The van der Waals surface area contributed by atoms with Gasteiger partial charge in [-0.05, 0) is 54.5 Å². The Balaban J connectivity index is 1.70. The number of aromatic nitrogens is 4. The van der Waals surface area contributed by atoms with Crippen molar-refractivity contribution in [3.8, 4) is 11.4 Å². The summed E-state index contributed by atoms with van der Waals surface area (Å²) in [6.45, 7) is 3.90. The van der Waals surface area contributed by atoms with Crippen LogP contribution in [0.4, 0.5) is 5.69 Å². The summed E-state index contributed by atoms with van der Waals surface area (Å²) < 4.78 is 0. The van der Waals surface area contributed by atoms with Crippen LogP contribution in [-0.4, -0.2) is 26.1 Å². The molecule has 0 radical (unpaired) electrons. The third-order valence-electron chi connectivity index (χ3n) is 3.59.